The van der Waals surface area contributed by atoms with E-state index < -0.39 is 10.0 Å². The third-order valence-corrected chi connectivity index (χ3v) is 5.88. The van der Waals surface area contributed by atoms with Gasteiger partial charge in [0, 0.05) is 44.0 Å². The molecule has 3 heterocycles. The monoisotopic (exact) mass is 282 g/mol. The van der Waals surface area contributed by atoms with Crippen LogP contribution in [0.15, 0.2) is 18.5 Å². The van der Waals surface area contributed by atoms with Gasteiger partial charge < -0.3 is 4.90 Å². The van der Waals surface area contributed by atoms with Crippen molar-refractivity contribution in [3.8, 4) is 0 Å². The lowest BCUT2D eigenvalue weighted by molar-refractivity contribution is 0.227. The van der Waals surface area contributed by atoms with Crippen molar-refractivity contribution >= 4 is 16.0 Å². The van der Waals surface area contributed by atoms with Gasteiger partial charge in [0.15, 0.2) is 0 Å². The zero-order chi connectivity index (χ0) is 13.5. The van der Waals surface area contributed by atoms with Gasteiger partial charge in [-0.25, -0.2) is 22.7 Å². The molecule has 0 unspecified atom stereocenters. The van der Waals surface area contributed by atoms with Crippen LogP contribution in [-0.2, 0) is 10.0 Å². The van der Waals surface area contributed by atoms with E-state index >= 15 is 0 Å². The van der Waals surface area contributed by atoms with Crippen LogP contribution in [0.1, 0.15) is 13.3 Å². The van der Waals surface area contributed by atoms with E-state index in [1.54, 1.807) is 29.7 Å². The minimum atomic E-state index is -3.04. The highest BCUT2D eigenvalue weighted by Gasteiger charge is 2.50. The van der Waals surface area contributed by atoms with Gasteiger partial charge in [0.25, 0.3) is 0 Å². The Kier molecular flexibility index (Phi) is 2.98. The zero-order valence-corrected chi connectivity index (χ0v) is 11.8. The van der Waals surface area contributed by atoms with E-state index in [2.05, 4.69) is 14.9 Å². The Bertz CT molecular complexity index is 554. The van der Waals surface area contributed by atoms with Gasteiger partial charge in [-0.2, -0.15) is 0 Å². The largest absolute Gasteiger partial charge is 0.339 e. The highest BCUT2D eigenvalue weighted by atomic mass is 32.2. The minimum absolute atomic E-state index is 0.113. The van der Waals surface area contributed by atoms with Crippen molar-refractivity contribution in [2.45, 2.75) is 13.3 Å². The fourth-order valence-electron chi connectivity index (χ4n) is 2.93. The van der Waals surface area contributed by atoms with E-state index in [4.69, 9.17) is 0 Å². The smallest absolute Gasteiger partial charge is 0.225 e. The van der Waals surface area contributed by atoms with Crippen LogP contribution >= 0.6 is 0 Å². The first kappa shape index (κ1) is 12.8. The van der Waals surface area contributed by atoms with Gasteiger partial charge in [-0.15, -0.1) is 0 Å². The molecule has 0 aromatic carbocycles. The quantitative estimate of drug-likeness (QED) is 0.800. The molecule has 2 saturated heterocycles. The van der Waals surface area contributed by atoms with E-state index in [0.29, 0.717) is 13.1 Å². The highest BCUT2D eigenvalue weighted by Crippen LogP contribution is 2.41. The molecule has 1 aromatic heterocycles. The number of nitrogens with zero attached hydrogens (tertiary/aromatic N) is 4. The summed E-state index contributed by atoms with van der Waals surface area (Å²) >= 11 is 0. The molecular weight excluding hydrogens is 264 g/mol. The van der Waals surface area contributed by atoms with Crippen molar-refractivity contribution in [2.75, 3.05) is 36.8 Å². The van der Waals surface area contributed by atoms with E-state index in [1.165, 1.54) is 0 Å². The van der Waals surface area contributed by atoms with Gasteiger partial charge >= 0.3 is 0 Å². The average Bonchev–Trinajstić information content (AvgIpc) is 2.84. The summed E-state index contributed by atoms with van der Waals surface area (Å²) in [4.78, 5) is 10.6. The van der Waals surface area contributed by atoms with Crippen LogP contribution in [0.25, 0.3) is 0 Å². The molecule has 0 N–H and O–H groups in total. The van der Waals surface area contributed by atoms with Crippen LogP contribution in [0, 0.1) is 5.41 Å². The summed E-state index contributed by atoms with van der Waals surface area (Å²) in [6, 6.07) is 1.80. The predicted molar refractivity (Wildman–Crippen MR) is 72.3 cm³/mol. The van der Waals surface area contributed by atoms with E-state index in [9.17, 15) is 8.42 Å². The summed E-state index contributed by atoms with van der Waals surface area (Å²) in [5, 5.41) is 0. The second kappa shape index (κ2) is 4.42. The van der Waals surface area contributed by atoms with Crippen molar-refractivity contribution in [3.05, 3.63) is 18.5 Å². The molecule has 7 heteroatoms. The molecule has 0 bridgehead atoms. The van der Waals surface area contributed by atoms with E-state index in [-0.39, 0.29) is 11.2 Å². The Balaban J connectivity index is 1.65. The second-order valence-electron chi connectivity index (χ2n) is 5.39. The number of aromatic nitrogens is 2. The summed E-state index contributed by atoms with van der Waals surface area (Å²) in [7, 11) is -3.04. The summed E-state index contributed by atoms with van der Waals surface area (Å²) in [5.74, 6) is 0.930. The zero-order valence-electron chi connectivity index (χ0n) is 11.0. The highest BCUT2D eigenvalue weighted by molar-refractivity contribution is 7.89. The third-order valence-electron chi connectivity index (χ3n) is 4.05. The Morgan fingerprint density at radius 2 is 1.95 bits per heavy atom. The number of rotatable bonds is 3. The molecule has 3 rings (SSSR count). The lowest BCUT2D eigenvalue weighted by Crippen LogP contribution is -2.58. The number of hydrogen-bond acceptors (Lipinski definition) is 5. The van der Waals surface area contributed by atoms with Gasteiger partial charge in [0.2, 0.25) is 16.0 Å². The second-order valence-corrected chi connectivity index (χ2v) is 7.65. The Morgan fingerprint density at radius 1 is 1.26 bits per heavy atom. The summed E-state index contributed by atoms with van der Waals surface area (Å²) < 4.78 is 25.4. The fraction of sp³-hybridized carbons (Fsp3) is 0.667. The average molecular weight is 282 g/mol. The van der Waals surface area contributed by atoms with Crippen LogP contribution in [0.3, 0.4) is 0 Å². The molecule has 0 radical (unpaired) electrons. The Labute approximate surface area is 113 Å². The molecule has 0 aliphatic carbocycles. The summed E-state index contributed by atoms with van der Waals surface area (Å²) in [6.07, 6.45) is 4.40. The molecule has 0 atom stereocenters. The number of hydrogen-bond donors (Lipinski definition) is 0. The number of anilines is 1. The molecule has 2 aliphatic rings. The van der Waals surface area contributed by atoms with Gasteiger partial charge in [-0.3, -0.25) is 0 Å². The first-order valence-corrected chi connectivity index (χ1v) is 8.15. The molecule has 6 nitrogen and oxygen atoms in total. The molecule has 1 spiro atoms. The summed E-state index contributed by atoms with van der Waals surface area (Å²) in [5.41, 5.74) is 0.113. The van der Waals surface area contributed by atoms with Crippen molar-refractivity contribution in [1.82, 2.24) is 14.3 Å². The van der Waals surface area contributed by atoms with Gasteiger partial charge in [-0.05, 0) is 19.4 Å². The predicted octanol–water partition coefficient (Wildman–Crippen LogP) is 0.338. The lowest BCUT2D eigenvalue weighted by atomic mass is 9.79. The van der Waals surface area contributed by atoms with Gasteiger partial charge in [-0.1, -0.05) is 0 Å². The van der Waals surface area contributed by atoms with E-state index in [0.717, 1.165) is 25.5 Å². The van der Waals surface area contributed by atoms with Crippen LogP contribution < -0.4 is 4.90 Å². The maximum Gasteiger partial charge on any atom is 0.225 e. The molecule has 104 valence electrons. The maximum absolute atomic E-state index is 11.9. The standard InChI is InChI=1S/C12H18N4O2S/c1-2-19(17,18)16-7-4-12(10-16)8-15(9-12)11-13-5-3-6-14-11/h3,5-6H,2,4,7-10H2,1H3. The third kappa shape index (κ3) is 2.21. The molecule has 1 aromatic rings. The van der Waals surface area contributed by atoms with Crippen molar-refractivity contribution in [1.29, 1.82) is 0 Å². The van der Waals surface area contributed by atoms with Gasteiger partial charge in [0.05, 0.1) is 5.75 Å². The topological polar surface area (TPSA) is 66.4 Å². The van der Waals surface area contributed by atoms with Gasteiger partial charge in [0.1, 0.15) is 0 Å². The lowest BCUT2D eigenvalue weighted by Gasteiger charge is -2.47. The first-order valence-electron chi connectivity index (χ1n) is 6.54. The molecule has 2 fully saturated rings. The normalized spacial score (nSPS) is 22.7. The van der Waals surface area contributed by atoms with Crippen LogP contribution in [0.2, 0.25) is 0 Å². The maximum atomic E-state index is 11.9. The Hall–Kier alpha value is -1.21. The van der Waals surface area contributed by atoms with Crippen LogP contribution in [0.5, 0.6) is 0 Å². The van der Waals surface area contributed by atoms with Crippen LogP contribution in [0.4, 0.5) is 5.95 Å². The van der Waals surface area contributed by atoms with Crippen molar-refractivity contribution in [3.63, 3.8) is 0 Å². The van der Waals surface area contributed by atoms with Crippen molar-refractivity contribution in [2.24, 2.45) is 5.41 Å². The number of sulfonamides is 1. The molecular formula is C12H18N4O2S. The fourth-order valence-corrected chi connectivity index (χ4v) is 4.14. The van der Waals surface area contributed by atoms with Crippen LogP contribution in [-0.4, -0.2) is 54.6 Å². The Morgan fingerprint density at radius 3 is 2.58 bits per heavy atom. The molecule has 2 aliphatic heterocycles. The van der Waals surface area contributed by atoms with E-state index in [1.807, 2.05) is 0 Å². The van der Waals surface area contributed by atoms with Crippen molar-refractivity contribution < 1.29 is 8.42 Å². The minimum Gasteiger partial charge on any atom is -0.339 e. The SMILES string of the molecule is CCS(=O)(=O)N1CCC2(CN(c3ncccn3)C2)C1. The molecule has 0 saturated carbocycles. The molecule has 19 heavy (non-hydrogen) atoms. The summed E-state index contributed by atoms with van der Waals surface area (Å²) in [6.45, 7) is 4.71. The molecule has 0 amide bonds. The first-order chi connectivity index (χ1) is 9.05.